The lowest BCUT2D eigenvalue weighted by Crippen LogP contribution is -2.09. The number of benzene rings is 1. The van der Waals surface area contributed by atoms with Crippen molar-refractivity contribution in [2.24, 2.45) is 0 Å². The average molecular weight is 318 g/mol. The van der Waals surface area contributed by atoms with Gasteiger partial charge in [-0.3, -0.25) is 0 Å². The summed E-state index contributed by atoms with van der Waals surface area (Å²) >= 11 is 1.47. The van der Waals surface area contributed by atoms with Gasteiger partial charge in [-0.2, -0.15) is 0 Å². The van der Waals surface area contributed by atoms with E-state index in [1.165, 1.54) is 35.6 Å². The van der Waals surface area contributed by atoms with Crippen molar-refractivity contribution in [1.29, 1.82) is 0 Å². The number of aromatic nitrogens is 2. The van der Waals surface area contributed by atoms with E-state index >= 15 is 0 Å². The molecule has 1 atom stereocenters. The van der Waals surface area contributed by atoms with E-state index in [-0.39, 0.29) is 11.5 Å². The van der Waals surface area contributed by atoms with Crippen LogP contribution in [-0.4, -0.2) is 16.2 Å². The zero-order valence-corrected chi connectivity index (χ0v) is 12.3. The minimum atomic E-state index is -0.696. The highest BCUT2D eigenvalue weighted by molar-refractivity contribution is 7.13. The number of esters is 1. The van der Waals surface area contributed by atoms with E-state index < -0.39 is 17.9 Å². The van der Waals surface area contributed by atoms with Gasteiger partial charge in [0.25, 0.3) is 11.8 Å². The number of halogens is 1. The van der Waals surface area contributed by atoms with Crippen LogP contribution in [0.4, 0.5) is 4.39 Å². The van der Waals surface area contributed by atoms with Crippen LogP contribution < -0.4 is 0 Å². The number of ether oxygens (including phenoxy) is 1. The molecule has 3 aromatic rings. The van der Waals surface area contributed by atoms with Crippen molar-refractivity contribution in [1.82, 2.24) is 10.2 Å². The predicted octanol–water partition coefficient (Wildman–Crippen LogP) is 3.86. The lowest BCUT2D eigenvalue weighted by molar-refractivity contribution is 0.0280. The highest BCUT2D eigenvalue weighted by Crippen LogP contribution is 2.26. The molecule has 112 valence electrons. The first-order valence-corrected chi connectivity index (χ1v) is 7.35. The van der Waals surface area contributed by atoms with Crippen molar-refractivity contribution < 1.29 is 18.3 Å². The first kappa shape index (κ1) is 14.4. The zero-order valence-electron chi connectivity index (χ0n) is 11.5. The molecule has 0 aliphatic carbocycles. The Morgan fingerprint density at radius 3 is 2.73 bits per heavy atom. The second kappa shape index (κ2) is 6.07. The quantitative estimate of drug-likeness (QED) is 0.684. The lowest BCUT2D eigenvalue weighted by atomic mass is 10.2. The summed E-state index contributed by atoms with van der Waals surface area (Å²) in [5.74, 6) is -0.404. The van der Waals surface area contributed by atoms with Crippen molar-refractivity contribution in [3.05, 3.63) is 59.0 Å². The molecule has 1 aromatic carbocycles. The minimum Gasteiger partial charge on any atom is -0.449 e. The van der Waals surface area contributed by atoms with E-state index in [2.05, 4.69) is 10.2 Å². The average Bonchev–Trinajstić information content (AvgIpc) is 3.19. The second-order valence-electron chi connectivity index (χ2n) is 4.48. The molecule has 22 heavy (non-hydrogen) atoms. The van der Waals surface area contributed by atoms with E-state index in [9.17, 15) is 9.18 Å². The molecule has 0 spiro atoms. The molecular weight excluding hydrogens is 307 g/mol. The lowest BCUT2D eigenvalue weighted by Gasteiger charge is -2.09. The summed E-state index contributed by atoms with van der Waals surface area (Å²) in [6.45, 7) is 1.63. The van der Waals surface area contributed by atoms with Crippen LogP contribution in [0.25, 0.3) is 10.8 Å². The summed E-state index contributed by atoms with van der Waals surface area (Å²) in [6.07, 6.45) is -0.696. The van der Waals surface area contributed by atoms with Gasteiger partial charge < -0.3 is 9.15 Å². The van der Waals surface area contributed by atoms with E-state index in [0.29, 0.717) is 5.89 Å². The van der Waals surface area contributed by atoms with Crippen LogP contribution in [0.15, 0.2) is 46.2 Å². The third kappa shape index (κ3) is 3.04. The molecule has 0 saturated carbocycles. The number of hydrogen-bond acceptors (Lipinski definition) is 6. The summed E-state index contributed by atoms with van der Waals surface area (Å²) in [5, 5.41) is 9.71. The van der Waals surface area contributed by atoms with E-state index in [4.69, 9.17) is 9.15 Å². The molecule has 3 rings (SSSR count). The summed E-state index contributed by atoms with van der Waals surface area (Å²) in [6, 6.07) is 8.84. The molecule has 0 aliphatic rings. The van der Waals surface area contributed by atoms with Crippen LogP contribution in [0, 0.1) is 5.82 Å². The number of rotatable bonds is 4. The maximum Gasteiger partial charge on any atom is 0.338 e. The SMILES string of the molecule is C[C@H](OC(=O)c1ccc(F)cc1)c1nnc(-c2cccs2)o1. The van der Waals surface area contributed by atoms with Crippen molar-refractivity contribution in [3.8, 4) is 10.8 Å². The van der Waals surface area contributed by atoms with Gasteiger partial charge in [-0.1, -0.05) is 6.07 Å². The molecule has 5 nitrogen and oxygen atoms in total. The summed E-state index contributed by atoms with van der Waals surface area (Å²) < 4.78 is 23.6. The fourth-order valence-electron chi connectivity index (χ4n) is 1.76. The van der Waals surface area contributed by atoms with Gasteiger partial charge >= 0.3 is 5.97 Å². The Bertz CT molecular complexity index is 768. The highest BCUT2D eigenvalue weighted by Gasteiger charge is 2.20. The molecule has 2 heterocycles. The van der Waals surface area contributed by atoms with Crippen LogP contribution in [0.2, 0.25) is 0 Å². The molecule has 0 radical (unpaired) electrons. The zero-order chi connectivity index (χ0) is 15.5. The van der Waals surface area contributed by atoms with Crippen LogP contribution in [0.1, 0.15) is 29.3 Å². The fraction of sp³-hybridized carbons (Fsp3) is 0.133. The third-order valence-corrected chi connectivity index (χ3v) is 3.74. The molecule has 0 bridgehead atoms. The Morgan fingerprint density at radius 2 is 2.05 bits per heavy atom. The van der Waals surface area contributed by atoms with Crippen LogP contribution in [0.5, 0.6) is 0 Å². The molecule has 0 saturated heterocycles. The third-order valence-electron chi connectivity index (χ3n) is 2.88. The van der Waals surface area contributed by atoms with Crippen LogP contribution in [0.3, 0.4) is 0 Å². The molecule has 2 aromatic heterocycles. The van der Waals surface area contributed by atoms with Crippen molar-refractivity contribution in [2.75, 3.05) is 0 Å². The van der Waals surface area contributed by atoms with Crippen LogP contribution in [-0.2, 0) is 4.74 Å². The Balaban J connectivity index is 1.70. The van der Waals surface area contributed by atoms with E-state index in [1.54, 1.807) is 6.92 Å². The molecule has 0 aliphatic heterocycles. The normalized spacial score (nSPS) is 12.1. The maximum atomic E-state index is 12.8. The molecule has 7 heteroatoms. The first-order chi connectivity index (χ1) is 10.6. The summed E-state index contributed by atoms with van der Waals surface area (Å²) in [7, 11) is 0. The Hall–Kier alpha value is -2.54. The van der Waals surface area contributed by atoms with Crippen molar-refractivity contribution in [2.45, 2.75) is 13.0 Å². The second-order valence-corrected chi connectivity index (χ2v) is 5.42. The minimum absolute atomic E-state index is 0.207. The largest absolute Gasteiger partial charge is 0.449 e. The summed E-state index contributed by atoms with van der Waals surface area (Å²) in [4.78, 5) is 12.8. The van der Waals surface area contributed by atoms with Gasteiger partial charge in [0.2, 0.25) is 0 Å². The number of carbonyl (C=O) groups is 1. The Kier molecular flexibility index (Phi) is 3.97. The van der Waals surface area contributed by atoms with Gasteiger partial charge in [-0.15, -0.1) is 21.5 Å². The molecule has 0 amide bonds. The van der Waals surface area contributed by atoms with Gasteiger partial charge in [0, 0.05) is 0 Å². The van der Waals surface area contributed by atoms with Gasteiger partial charge in [-0.05, 0) is 42.6 Å². The smallest absolute Gasteiger partial charge is 0.338 e. The van der Waals surface area contributed by atoms with E-state index in [1.807, 2.05) is 17.5 Å². The Morgan fingerprint density at radius 1 is 1.27 bits per heavy atom. The molecule has 0 fully saturated rings. The van der Waals surface area contributed by atoms with Gasteiger partial charge in [0.05, 0.1) is 10.4 Å². The van der Waals surface area contributed by atoms with Gasteiger partial charge in [0.15, 0.2) is 6.10 Å². The fourth-order valence-corrected chi connectivity index (χ4v) is 2.41. The number of thiophene rings is 1. The number of hydrogen-bond donors (Lipinski definition) is 0. The molecule has 0 N–H and O–H groups in total. The highest BCUT2D eigenvalue weighted by atomic mass is 32.1. The maximum absolute atomic E-state index is 12.8. The Labute approximate surface area is 129 Å². The van der Waals surface area contributed by atoms with Gasteiger partial charge in [-0.25, -0.2) is 9.18 Å². The van der Waals surface area contributed by atoms with Crippen molar-refractivity contribution >= 4 is 17.3 Å². The summed E-state index contributed by atoms with van der Waals surface area (Å²) in [5.41, 5.74) is 0.256. The molecule has 0 unspecified atom stereocenters. The topological polar surface area (TPSA) is 65.2 Å². The monoisotopic (exact) mass is 318 g/mol. The predicted molar refractivity (Wildman–Crippen MR) is 77.8 cm³/mol. The van der Waals surface area contributed by atoms with Crippen LogP contribution >= 0.6 is 11.3 Å². The number of carbonyl (C=O) groups excluding carboxylic acids is 1. The first-order valence-electron chi connectivity index (χ1n) is 6.47. The standard InChI is InChI=1S/C15H11FN2O3S/c1-9(20-15(19)10-4-6-11(16)7-5-10)13-17-18-14(21-13)12-3-2-8-22-12/h2-9H,1H3/t9-/m0/s1. The molecular formula is C15H11FN2O3S. The number of nitrogens with zero attached hydrogens (tertiary/aromatic N) is 2. The van der Waals surface area contributed by atoms with Gasteiger partial charge in [0.1, 0.15) is 5.82 Å². The van der Waals surface area contributed by atoms with Crippen molar-refractivity contribution in [3.63, 3.8) is 0 Å². The van der Waals surface area contributed by atoms with E-state index in [0.717, 1.165) is 4.88 Å².